The first-order valence-corrected chi connectivity index (χ1v) is 9.61. The molecular formula is C22H26N2O2. The van der Waals surface area contributed by atoms with Crippen molar-refractivity contribution in [3.63, 3.8) is 0 Å². The minimum Gasteiger partial charge on any atom is -0.444 e. The van der Waals surface area contributed by atoms with E-state index >= 15 is 0 Å². The highest BCUT2D eigenvalue weighted by Gasteiger charge is 2.36. The van der Waals surface area contributed by atoms with E-state index in [1.165, 1.54) is 5.56 Å². The Morgan fingerprint density at radius 1 is 1.15 bits per heavy atom. The highest BCUT2D eigenvalue weighted by atomic mass is 16.6. The van der Waals surface area contributed by atoms with E-state index in [4.69, 9.17) is 4.74 Å². The molecule has 2 bridgehead atoms. The van der Waals surface area contributed by atoms with Crippen LogP contribution in [0.4, 0.5) is 10.5 Å². The van der Waals surface area contributed by atoms with E-state index in [0.29, 0.717) is 5.92 Å². The van der Waals surface area contributed by atoms with Gasteiger partial charge in [0.1, 0.15) is 6.10 Å². The van der Waals surface area contributed by atoms with E-state index in [2.05, 4.69) is 41.4 Å². The van der Waals surface area contributed by atoms with Gasteiger partial charge in [0.05, 0.1) is 5.69 Å². The number of rotatable bonds is 4. The third-order valence-electron chi connectivity index (χ3n) is 5.66. The van der Waals surface area contributed by atoms with E-state index in [-0.39, 0.29) is 12.2 Å². The van der Waals surface area contributed by atoms with Crippen LogP contribution in [0.1, 0.15) is 25.3 Å². The van der Waals surface area contributed by atoms with Crippen molar-refractivity contribution in [1.82, 2.24) is 4.90 Å². The lowest BCUT2D eigenvalue weighted by molar-refractivity contribution is -0.0289. The number of nitrogens with one attached hydrogen (secondary N) is 1. The molecule has 4 nitrogen and oxygen atoms in total. The summed E-state index contributed by atoms with van der Waals surface area (Å²) in [5.41, 5.74) is 4.22. The molecule has 2 aromatic carbocycles. The minimum atomic E-state index is -0.345. The summed E-state index contributed by atoms with van der Waals surface area (Å²) in [6, 6.07) is 16.4. The van der Waals surface area contributed by atoms with Gasteiger partial charge in [0.15, 0.2) is 0 Å². The van der Waals surface area contributed by atoms with Crippen LogP contribution in [-0.4, -0.2) is 36.7 Å². The normalized spacial score (nSPS) is 24.3. The van der Waals surface area contributed by atoms with Gasteiger partial charge in [-0.3, -0.25) is 10.2 Å². The minimum absolute atomic E-state index is 0.0214. The van der Waals surface area contributed by atoms with E-state index < -0.39 is 0 Å². The Morgan fingerprint density at radius 3 is 2.69 bits per heavy atom. The van der Waals surface area contributed by atoms with Crippen LogP contribution >= 0.6 is 0 Å². The van der Waals surface area contributed by atoms with Crippen LogP contribution in [0, 0.1) is 5.92 Å². The zero-order valence-electron chi connectivity index (χ0n) is 15.3. The summed E-state index contributed by atoms with van der Waals surface area (Å²) >= 11 is 0. The third-order valence-corrected chi connectivity index (χ3v) is 5.66. The summed E-state index contributed by atoms with van der Waals surface area (Å²) in [4.78, 5) is 14.9. The molecule has 0 aromatic heterocycles. The summed E-state index contributed by atoms with van der Waals surface area (Å²) in [6.07, 6.45) is 2.94. The first-order valence-electron chi connectivity index (χ1n) is 9.61. The van der Waals surface area contributed by atoms with Gasteiger partial charge in [-0.05, 0) is 55.5 Å². The lowest BCUT2D eigenvalue weighted by atomic mass is 9.86. The average molecular weight is 350 g/mol. The molecule has 0 spiro atoms. The van der Waals surface area contributed by atoms with Gasteiger partial charge in [0, 0.05) is 12.1 Å². The molecule has 3 saturated heterocycles. The van der Waals surface area contributed by atoms with Crippen LogP contribution in [0.3, 0.4) is 0 Å². The number of hydrogen-bond donors (Lipinski definition) is 1. The van der Waals surface area contributed by atoms with Crippen LogP contribution in [-0.2, 0) is 11.2 Å². The standard InChI is InChI=1S/C22H26N2O2/c1-2-16-6-5-7-18(14-16)19-8-3-4-9-20(19)23-22(25)26-21-15-24-12-10-17(21)11-13-24/h3-9,14,17,21H,2,10-13,15H2,1H3,(H,23,25). The number of ether oxygens (including phenoxy) is 1. The van der Waals surface area contributed by atoms with Crippen LogP contribution in [0.5, 0.6) is 0 Å². The summed E-state index contributed by atoms with van der Waals surface area (Å²) in [6.45, 7) is 5.30. The Balaban J connectivity index is 1.49. The maximum absolute atomic E-state index is 12.5. The van der Waals surface area contributed by atoms with Crippen LogP contribution < -0.4 is 5.32 Å². The van der Waals surface area contributed by atoms with Gasteiger partial charge < -0.3 is 4.74 Å². The Labute approximate surface area is 155 Å². The van der Waals surface area contributed by atoms with Crippen molar-refractivity contribution in [1.29, 1.82) is 0 Å². The van der Waals surface area contributed by atoms with Crippen LogP contribution in [0.2, 0.25) is 0 Å². The number of benzene rings is 2. The maximum Gasteiger partial charge on any atom is 0.411 e. The van der Waals surface area contributed by atoms with Gasteiger partial charge >= 0.3 is 6.09 Å². The van der Waals surface area contributed by atoms with Gasteiger partial charge in [-0.25, -0.2) is 4.79 Å². The Morgan fingerprint density at radius 2 is 1.96 bits per heavy atom. The fourth-order valence-electron chi connectivity index (χ4n) is 4.12. The lowest BCUT2D eigenvalue weighted by Crippen LogP contribution is -2.52. The van der Waals surface area contributed by atoms with Crippen LogP contribution in [0.25, 0.3) is 11.1 Å². The smallest absolute Gasteiger partial charge is 0.411 e. The second kappa shape index (κ2) is 7.50. The molecule has 0 radical (unpaired) electrons. The fourth-order valence-corrected chi connectivity index (χ4v) is 4.12. The van der Waals surface area contributed by atoms with Gasteiger partial charge in [-0.1, -0.05) is 49.4 Å². The van der Waals surface area contributed by atoms with E-state index in [0.717, 1.165) is 55.7 Å². The molecule has 136 valence electrons. The van der Waals surface area contributed by atoms with Crippen molar-refractivity contribution < 1.29 is 9.53 Å². The van der Waals surface area contributed by atoms with Crippen molar-refractivity contribution in [3.8, 4) is 11.1 Å². The molecule has 26 heavy (non-hydrogen) atoms. The lowest BCUT2D eigenvalue weighted by Gasteiger charge is -2.43. The second-order valence-corrected chi connectivity index (χ2v) is 7.31. The summed E-state index contributed by atoms with van der Waals surface area (Å²) in [5.74, 6) is 0.516. The summed E-state index contributed by atoms with van der Waals surface area (Å²) in [7, 11) is 0. The quantitative estimate of drug-likeness (QED) is 0.879. The number of anilines is 1. The van der Waals surface area contributed by atoms with E-state index in [9.17, 15) is 4.79 Å². The number of fused-ring (bicyclic) bond motifs is 3. The number of para-hydroxylation sites is 1. The summed E-state index contributed by atoms with van der Waals surface area (Å²) in [5, 5.41) is 2.97. The molecular weight excluding hydrogens is 324 g/mol. The first-order chi connectivity index (χ1) is 12.7. The predicted molar refractivity (Wildman–Crippen MR) is 104 cm³/mol. The zero-order valence-corrected chi connectivity index (χ0v) is 15.3. The van der Waals surface area contributed by atoms with Crippen LogP contribution in [0.15, 0.2) is 48.5 Å². The topological polar surface area (TPSA) is 41.6 Å². The highest BCUT2D eigenvalue weighted by molar-refractivity contribution is 5.91. The van der Waals surface area contributed by atoms with Gasteiger partial charge in [0.25, 0.3) is 0 Å². The molecule has 3 heterocycles. The fraction of sp³-hybridized carbons (Fsp3) is 0.409. The zero-order chi connectivity index (χ0) is 17.9. The second-order valence-electron chi connectivity index (χ2n) is 7.31. The molecule has 1 atom stereocenters. The molecule has 4 heteroatoms. The number of aryl methyl sites for hydroxylation is 1. The largest absolute Gasteiger partial charge is 0.444 e. The van der Waals surface area contributed by atoms with E-state index in [1.807, 2.05) is 24.3 Å². The molecule has 0 saturated carbocycles. The molecule has 1 N–H and O–H groups in total. The number of carbonyl (C=O) groups excluding carboxylic acids is 1. The van der Waals surface area contributed by atoms with Gasteiger partial charge in [-0.15, -0.1) is 0 Å². The van der Waals surface area contributed by atoms with Crippen molar-refractivity contribution in [3.05, 3.63) is 54.1 Å². The Kier molecular flexibility index (Phi) is 4.93. The van der Waals surface area contributed by atoms with Crippen molar-refractivity contribution >= 4 is 11.8 Å². The number of amides is 1. The third kappa shape index (κ3) is 3.61. The van der Waals surface area contributed by atoms with Crippen molar-refractivity contribution in [2.75, 3.05) is 25.0 Å². The molecule has 3 aliphatic rings. The highest BCUT2D eigenvalue weighted by Crippen LogP contribution is 2.31. The van der Waals surface area contributed by atoms with Crippen molar-refractivity contribution in [2.45, 2.75) is 32.3 Å². The number of nitrogens with zero attached hydrogens (tertiary/aromatic N) is 1. The molecule has 5 rings (SSSR count). The number of piperidine rings is 3. The summed E-state index contributed by atoms with van der Waals surface area (Å²) < 4.78 is 5.77. The Bertz CT molecular complexity index is 781. The maximum atomic E-state index is 12.5. The molecule has 2 aromatic rings. The van der Waals surface area contributed by atoms with Crippen molar-refractivity contribution in [2.24, 2.45) is 5.92 Å². The predicted octanol–water partition coefficient (Wildman–Crippen LogP) is 4.56. The van der Waals surface area contributed by atoms with Gasteiger partial charge in [0.2, 0.25) is 0 Å². The number of carbonyl (C=O) groups is 1. The average Bonchev–Trinajstić information content (AvgIpc) is 2.69. The molecule has 0 aliphatic carbocycles. The molecule has 3 aliphatic heterocycles. The molecule has 1 amide bonds. The number of hydrogen-bond acceptors (Lipinski definition) is 3. The molecule has 1 unspecified atom stereocenters. The van der Waals surface area contributed by atoms with Gasteiger partial charge in [-0.2, -0.15) is 0 Å². The SMILES string of the molecule is CCc1cccc(-c2ccccc2NC(=O)OC2CN3CCC2CC3)c1. The first kappa shape index (κ1) is 17.1. The molecule has 3 fully saturated rings. The van der Waals surface area contributed by atoms with E-state index in [1.54, 1.807) is 0 Å². The monoisotopic (exact) mass is 350 g/mol. The Hall–Kier alpha value is -2.33.